The SMILES string of the molecule is Cl.N[C@H](CO)c1ccc(Cl)cc1Br. The van der Waals surface area contributed by atoms with Crippen molar-refractivity contribution < 1.29 is 5.11 Å². The van der Waals surface area contributed by atoms with Crippen molar-refractivity contribution in [2.24, 2.45) is 5.73 Å². The first-order valence-corrected chi connectivity index (χ1v) is 4.63. The average molecular weight is 287 g/mol. The van der Waals surface area contributed by atoms with Crippen molar-refractivity contribution >= 4 is 39.9 Å². The van der Waals surface area contributed by atoms with Gasteiger partial charge in [-0.15, -0.1) is 12.4 Å². The number of rotatable bonds is 2. The topological polar surface area (TPSA) is 46.2 Å². The van der Waals surface area contributed by atoms with Gasteiger partial charge in [0.1, 0.15) is 0 Å². The minimum Gasteiger partial charge on any atom is -0.394 e. The van der Waals surface area contributed by atoms with E-state index in [1.165, 1.54) is 0 Å². The molecule has 74 valence electrons. The Hall–Kier alpha value is 0.200. The summed E-state index contributed by atoms with van der Waals surface area (Å²) in [6, 6.07) is 4.95. The van der Waals surface area contributed by atoms with Crippen LogP contribution < -0.4 is 5.73 Å². The summed E-state index contributed by atoms with van der Waals surface area (Å²) in [6.45, 7) is -0.0692. The van der Waals surface area contributed by atoms with E-state index < -0.39 is 0 Å². The van der Waals surface area contributed by atoms with E-state index in [0.717, 1.165) is 10.0 Å². The fourth-order valence-corrected chi connectivity index (χ4v) is 1.88. The molecule has 0 fully saturated rings. The summed E-state index contributed by atoms with van der Waals surface area (Å²) >= 11 is 9.04. The fourth-order valence-electron chi connectivity index (χ4n) is 0.901. The van der Waals surface area contributed by atoms with E-state index in [1.807, 2.05) is 0 Å². The van der Waals surface area contributed by atoms with Crippen molar-refractivity contribution in [3.8, 4) is 0 Å². The minimum absolute atomic E-state index is 0. The number of halogens is 3. The van der Waals surface area contributed by atoms with Gasteiger partial charge < -0.3 is 10.8 Å². The van der Waals surface area contributed by atoms with E-state index in [0.29, 0.717) is 5.02 Å². The number of aliphatic hydroxyl groups excluding tert-OH is 1. The molecule has 3 N–H and O–H groups in total. The van der Waals surface area contributed by atoms with Gasteiger partial charge in [-0.2, -0.15) is 0 Å². The lowest BCUT2D eigenvalue weighted by atomic mass is 10.1. The van der Waals surface area contributed by atoms with E-state index in [4.69, 9.17) is 22.4 Å². The Morgan fingerprint density at radius 1 is 1.54 bits per heavy atom. The third-order valence-corrected chi connectivity index (χ3v) is 2.48. The normalized spacial score (nSPS) is 12.0. The largest absolute Gasteiger partial charge is 0.394 e. The first kappa shape index (κ1) is 13.2. The molecule has 0 aliphatic carbocycles. The van der Waals surface area contributed by atoms with E-state index in [2.05, 4.69) is 15.9 Å². The van der Waals surface area contributed by atoms with Crippen LogP contribution in [0.2, 0.25) is 5.02 Å². The molecule has 0 aliphatic rings. The van der Waals surface area contributed by atoms with Gasteiger partial charge in [0.25, 0.3) is 0 Å². The molecule has 0 heterocycles. The van der Waals surface area contributed by atoms with Gasteiger partial charge in [0.2, 0.25) is 0 Å². The number of aliphatic hydroxyl groups is 1. The molecule has 0 radical (unpaired) electrons. The molecular formula is C8H10BrCl2NO. The highest BCUT2D eigenvalue weighted by Gasteiger charge is 2.08. The molecule has 1 aromatic carbocycles. The van der Waals surface area contributed by atoms with Crippen LogP contribution in [0.25, 0.3) is 0 Å². The zero-order valence-electron chi connectivity index (χ0n) is 6.71. The summed E-state index contributed by atoms with van der Waals surface area (Å²) in [5.74, 6) is 0. The lowest BCUT2D eigenvalue weighted by Gasteiger charge is -2.10. The lowest BCUT2D eigenvalue weighted by Crippen LogP contribution is -2.14. The van der Waals surface area contributed by atoms with Crippen molar-refractivity contribution in [3.63, 3.8) is 0 Å². The van der Waals surface area contributed by atoms with Gasteiger partial charge in [0.05, 0.1) is 12.6 Å². The Kier molecular flexibility index (Phi) is 5.92. The Morgan fingerprint density at radius 3 is 2.62 bits per heavy atom. The van der Waals surface area contributed by atoms with Gasteiger partial charge >= 0.3 is 0 Å². The summed E-state index contributed by atoms with van der Waals surface area (Å²) in [4.78, 5) is 0. The molecule has 0 aromatic heterocycles. The van der Waals surface area contributed by atoms with Crippen molar-refractivity contribution in [1.82, 2.24) is 0 Å². The quantitative estimate of drug-likeness (QED) is 0.878. The first-order valence-electron chi connectivity index (χ1n) is 3.46. The maximum atomic E-state index is 8.80. The molecule has 2 nitrogen and oxygen atoms in total. The summed E-state index contributed by atoms with van der Waals surface area (Å²) < 4.78 is 0.830. The standard InChI is InChI=1S/C8H9BrClNO.ClH/c9-7-3-5(10)1-2-6(7)8(11)4-12;/h1-3,8,12H,4,11H2;1H/t8-;/m1./s1. The Morgan fingerprint density at radius 2 is 2.15 bits per heavy atom. The first-order chi connectivity index (χ1) is 5.65. The number of benzene rings is 1. The van der Waals surface area contributed by atoms with Crippen molar-refractivity contribution in [2.45, 2.75) is 6.04 Å². The number of nitrogens with two attached hydrogens (primary N) is 1. The highest BCUT2D eigenvalue weighted by atomic mass is 79.9. The predicted octanol–water partition coefficient (Wildman–Crippen LogP) is 2.52. The molecule has 1 rings (SSSR count). The van der Waals surface area contributed by atoms with Crippen molar-refractivity contribution in [3.05, 3.63) is 33.3 Å². The van der Waals surface area contributed by atoms with Crippen LogP contribution in [0.4, 0.5) is 0 Å². The van der Waals surface area contributed by atoms with Gasteiger partial charge in [0.15, 0.2) is 0 Å². The maximum absolute atomic E-state index is 8.80. The monoisotopic (exact) mass is 285 g/mol. The molecule has 0 unspecified atom stereocenters. The molecule has 0 saturated heterocycles. The number of hydrogen-bond acceptors (Lipinski definition) is 2. The van der Waals surface area contributed by atoms with Crippen LogP contribution in [0.5, 0.6) is 0 Å². The van der Waals surface area contributed by atoms with Crippen LogP contribution in [-0.2, 0) is 0 Å². The van der Waals surface area contributed by atoms with Gasteiger partial charge in [-0.3, -0.25) is 0 Å². The predicted molar refractivity (Wildman–Crippen MR) is 60.4 cm³/mol. The summed E-state index contributed by atoms with van der Waals surface area (Å²) in [5, 5.41) is 9.45. The van der Waals surface area contributed by atoms with E-state index >= 15 is 0 Å². The zero-order chi connectivity index (χ0) is 9.14. The van der Waals surface area contributed by atoms with Crippen LogP contribution in [0.1, 0.15) is 11.6 Å². The van der Waals surface area contributed by atoms with Crippen LogP contribution in [0.15, 0.2) is 22.7 Å². The lowest BCUT2D eigenvalue weighted by molar-refractivity contribution is 0.267. The third kappa shape index (κ3) is 3.44. The van der Waals surface area contributed by atoms with Crippen LogP contribution in [-0.4, -0.2) is 11.7 Å². The zero-order valence-corrected chi connectivity index (χ0v) is 9.86. The van der Waals surface area contributed by atoms with Gasteiger partial charge in [-0.25, -0.2) is 0 Å². The van der Waals surface area contributed by atoms with E-state index in [9.17, 15) is 0 Å². The summed E-state index contributed by atoms with van der Waals surface area (Å²) in [6.07, 6.45) is 0. The second kappa shape index (κ2) is 5.83. The molecule has 0 amide bonds. The van der Waals surface area contributed by atoms with Crippen molar-refractivity contribution in [2.75, 3.05) is 6.61 Å². The summed E-state index contributed by atoms with van der Waals surface area (Å²) in [7, 11) is 0. The molecule has 0 bridgehead atoms. The van der Waals surface area contributed by atoms with Crippen LogP contribution in [0.3, 0.4) is 0 Å². The van der Waals surface area contributed by atoms with E-state index in [-0.39, 0.29) is 25.1 Å². The molecule has 1 atom stereocenters. The molecular weight excluding hydrogens is 277 g/mol. The number of hydrogen-bond donors (Lipinski definition) is 2. The molecule has 13 heavy (non-hydrogen) atoms. The van der Waals surface area contributed by atoms with Gasteiger partial charge in [-0.05, 0) is 17.7 Å². The third-order valence-electron chi connectivity index (χ3n) is 1.56. The van der Waals surface area contributed by atoms with Gasteiger partial charge in [-0.1, -0.05) is 33.6 Å². The maximum Gasteiger partial charge on any atom is 0.0624 e. The van der Waals surface area contributed by atoms with Gasteiger partial charge in [0, 0.05) is 9.50 Å². The molecule has 1 aromatic rings. The van der Waals surface area contributed by atoms with E-state index in [1.54, 1.807) is 18.2 Å². The average Bonchev–Trinajstić information content (AvgIpc) is 2.03. The van der Waals surface area contributed by atoms with Crippen molar-refractivity contribution in [1.29, 1.82) is 0 Å². The molecule has 0 saturated carbocycles. The summed E-state index contributed by atoms with van der Waals surface area (Å²) in [5.41, 5.74) is 6.48. The Labute approximate surface area is 96.6 Å². The smallest absolute Gasteiger partial charge is 0.0624 e. The molecule has 5 heteroatoms. The Bertz CT molecular complexity index is 283. The highest BCUT2D eigenvalue weighted by molar-refractivity contribution is 9.10. The van der Waals surface area contributed by atoms with Crippen LogP contribution in [0, 0.1) is 0 Å². The van der Waals surface area contributed by atoms with Crippen LogP contribution >= 0.6 is 39.9 Å². The fraction of sp³-hybridized carbons (Fsp3) is 0.250. The second-order valence-corrected chi connectivity index (χ2v) is 3.75. The molecule has 0 spiro atoms. The second-order valence-electron chi connectivity index (χ2n) is 2.45. The highest BCUT2D eigenvalue weighted by Crippen LogP contribution is 2.25. The molecule has 0 aliphatic heterocycles. The Balaban J connectivity index is 0.00000144. The minimum atomic E-state index is -0.350.